The van der Waals surface area contributed by atoms with Crippen LogP contribution in [0.3, 0.4) is 0 Å². The van der Waals surface area contributed by atoms with Gasteiger partial charge >= 0.3 is 0 Å². The van der Waals surface area contributed by atoms with Gasteiger partial charge in [0.25, 0.3) is 0 Å². The minimum Gasteiger partial charge on any atom is -0.504 e. The number of unbranched alkanes of at least 4 members (excludes halogenated alkanes) is 1. The number of aldehydes is 1. The SMILES string of the molecule is COc1cc(Cc2c(-c3ccc(OCCCC=O)cc3)sc3ccccc23)ccc1O. The minimum atomic E-state index is 0.144. The predicted molar refractivity (Wildman–Crippen MR) is 126 cm³/mol. The topological polar surface area (TPSA) is 55.8 Å². The van der Waals surface area contributed by atoms with Crippen LogP contribution in [0.5, 0.6) is 17.2 Å². The molecule has 0 saturated heterocycles. The molecule has 0 atom stereocenters. The molecule has 3 aromatic carbocycles. The average molecular weight is 433 g/mol. The maximum Gasteiger partial charge on any atom is 0.160 e. The number of aromatic hydroxyl groups is 1. The summed E-state index contributed by atoms with van der Waals surface area (Å²) in [7, 11) is 1.56. The summed E-state index contributed by atoms with van der Waals surface area (Å²) in [6.07, 6.45) is 2.89. The smallest absolute Gasteiger partial charge is 0.160 e. The highest BCUT2D eigenvalue weighted by Crippen LogP contribution is 2.41. The number of phenolic OH excluding ortho intramolecular Hbond substituents is 1. The van der Waals surface area contributed by atoms with Crippen LogP contribution in [0.1, 0.15) is 24.0 Å². The van der Waals surface area contributed by atoms with Gasteiger partial charge in [0.2, 0.25) is 0 Å². The molecule has 1 aromatic heterocycles. The van der Waals surface area contributed by atoms with E-state index in [1.165, 1.54) is 20.5 Å². The molecule has 0 radical (unpaired) electrons. The fourth-order valence-corrected chi connectivity index (χ4v) is 4.83. The van der Waals surface area contributed by atoms with E-state index in [9.17, 15) is 9.90 Å². The van der Waals surface area contributed by atoms with Crippen molar-refractivity contribution >= 4 is 27.7 Å². The minimum absolute atomic E-state index is 0.144. The molecular weight excluding hydrogens is 408 g/mol. The van der Waals surface area contributed by atoms with Gasteiger partial charge in [-0.1, -0.05) is 24.3 Å². The first-order chi connectivity index (χ1) is 15.2. The lowest BCUT2D eigenvalue weighted by molar-refractivity contribution is -0.108. The molecule has 0 aliphatic rings. The van der Waals surface area contributed by atoms with Gasteiger partial charge in [-0.25, -0.2) is 0 Å². The number of methoxy groups -OCH3 is 1. The molecular formula is C26H24O4S. The van der Waals surface area contributed by atoms with Crippen molar-refractivity contribution in [2.45, 2.75) is 19.3 Å². The summed E-state index contributed by atoms with van der Waals surface area (Å²) in [6.45, 7) is 0.537. The van der Waals surface area contributed by atoms with Crippen molar-refractivity contribution < 1.29 is 19.4 Å². The van der Waals surface area contributed by atoms with Gasteiger partial charge in [-0.15, -0.1) is 11.3 Å². The van der Waals surface area contributed by atoms with Crippen LogP contribution in [-0.4, -0.2) is 25.1 Å². The van der Waals surface area contributed by atoms with E-state index < -0.39 is 0 Å². The maximum atomic E-state index is 10.4. The zero-order valence-electron chi connectivity index (χ0n) is 17.3. The average Bonchev–Trinajstić information content (AvgIpc) is 3.17. The van der Waals surface area contributed by atoms with Crippen LogP contribution in [0.15, 0.2) is 66.7 Å². The van der Waals surface area contributed by atoms with Gasteiger partial charge in [0.1, 0.15) is 12.0 Å². The Labute approximate surface area is 185 Å². The summed E-state index contributed by atoms with van der Waals surface area (Å²) in [5.41, 5.74) is 3.48. The molecule has 4 aromatic rings. The molecule has 158 valence electrons. The number of rotatable bonds is 9. The number of benzene rings is 3. The zero-order chi connectivity index (χ0) is 21.6. The number of hydrogen-bond donors (Lipinski definition) is 1. The molecule has 4 nitrogen and oxygen atoms in total. The Bertz CT molecular complexity index is 1180. The molecule has 0 spiro atoms. The monoisotopic (exact) mass is 432 g/mol. The first-order valence-corrected chi connectivity index (χ1v) is 11.0. The van der Waals surface area contributed by atoms with Crippen LogP contribution in [-0.2, 0) is 11.2 Å². The van der Waals surface area contributed by atoms with Crippen molar-refractivity contribution in [2.24, 2.45) is 0 Å². The number of hydrogen-bond acceptors (Lipinski definition) is 5. The van der Waals surface area contributed by atoms with Crippen LogP contribution in [0.4, 0.5) is 0 Å². The number of fused-ring (bicyclic) bond motifs is 1. The molecule has 5 heteroatoms. The molecule has 0 unspecified atom stereocenters. The van der Waals surface area contributed by atoms with Gasteiger partial charge in [0.05, 0.1) is 13.7 Å². The Balaban J connectivity index is 1.66. The molecule has 0 aliphatic carbocycles. The van der Waals surface area contributed by atoms with E-state index in [4.69, 9.17) is 9.47 Å². The second-order valence-corrected chi connectivity index (χ2v) is 8.32. The van der Waals surface area contributed by atoms with E-state index >= 15 is 0 Å². The zero-order valence-corrected chi connectivity index (χ0v) is 18.2. The maximum absolute atomic E-state index is 10.4. The largest absolute Gasteiger partial charge is 0.504 e. The quantitative estimate of drug-likeness (QED) is 0.252. The van der Waals surface area contributed by atoms with Crippen molar-refractivity contribution in [1.82, 2.24) is 0 Å². The van der Waals surface area contributed by atoms with Crippen molar-refractivity contribution in [1.29, 1.82) is 0 Å². The molecule has 0 amide bonds. The van der Waals surface area contributed by atoms with E-state index in [2.05, 4.69) is 36.4 Å². The number of carbonyl (C=O) groups excluding carboxylic acids is 1. The predicted octanol–water partition coefficient (Wildman–Crippen LogP) is 6.23. The Morgan fingerprint density at radius 1 is 1.03 bits per heavy atom. The Morgan fingerprint density at radius 2 is 1.84 bits per heavy atom. The van der Waals surface area contributed by atoms with Gasteiger partial charge in [-0.2, -0.15) is 0 Å². The van der Waals surface area contributed by atoms with Crippen LogP contribution in [0.2, 0.25) is 0 Å². The summed E-state index contributed by atoms with van der Waals surface area (Å²) in [4.78, 5) is 11.7. The van der Waals surface area contributed by atoms with E-state index in [0.29, 0.717) is 18.8 Å². The van der Waals surface area contributed by atoms with Crippen molar-refractivity contribution in [3.8, 4) is 27.7 Å². The highest BCUT2D eigenvalue weighted by atomic mass is 32.1. The Morgan fingerprint density at radius 3 is 2.61 bits per heavy atom. The summed E-state index contributed by atoms with van der Waals surface area (Å²) in [6, 6.07) is 22.1. The van der Waals surface area contributed by atoms with Crippen LogP contribution >= 0.6 is 11.3 Å². The summed E-state index contributed by atoms with van der Waals surface area (Å²) >= 11 is 1.78. The standard InChI is InChI=1S/C26H24O4S/c1-29-24-17-18(8-13-23(24)28)16-22-21-6-2-3-7-25(21)31-26(22)19-9-11-20(12-10-19)30-15-5-4-14-27/h2-3,6-14,17,28H,4-5,15-16H2,1H3. The third kappa shape index (κ3) is 4.72. The van der Waals surface area contributed by atoms with Crippen molar-refractivity contribution in [3.05, 3.63) is 77.9 Å². The Kier molecular flexibility index (Phi) is 6.53. The molecule has 0 aliphatic heterocycles. The lowest BCUT2D eigenvalue weighted by Crippen LogP contribution is -1.97. The fraction of sp³-hybridized carbons (Fsp3) is 0.192. The second kappa shape index (κ2) is 9.67. The van der Waals surface area contributed by atoms with Gasteiger partial charge in [0.15, 0.2) is 11.5 Å². The molecule has 1 heterocycles. The normalized spacial score (nSPS) is 10.9. The summed E-state index contributed by atoms with van der Waals surface area (Å²) in [5, 5.41) is 11.2. The summed E-state index contributed by atoms with van der Waals surface area (Å²) < 4.78 is 12.3. The molecule has 0 saturated carbocycles. The Hall–Kier alpha value is -3.31. The van der Waals surface area contributed by atoms with Gasteiger partial charge in [-0.3, -0.25) is 0 Å². The molecule has 31 heavy (non-hydrogen) atoms. The number of phenols is 1. The first kappa shape index (κ1) is 20.9. The second-order valence-electron chi connectivity index (χ2n) is 7.27. The van der Waals surface area contributed by atoms with E-state index in [1.54, 1.807) is 24.5 Å². The molecule has 4 rings (SSSR count). The summed E-state index contributed by atoms with van der Waals surface area (Å²) in [5.74, 6) is 1.43. The van der Waals surface area contributed by atoms with E-state index in [1.807, 2.05) is 24.3 Å². The number of ether oxygens (including phenoxy) is 2. The third-order valence-corrected chi connectivity index (χ3v) is 6.44. The van der Waals surface area contributed by atoms with Crippen molar-refractivity contribution in [2.75, 3.05) is 13.7 Å². The fourth-order valence-electron chi connectivity index (χ4n) is 3.60. The lowest BCUT2D eigenvalue weighted by Gasteiger charge is -2.10. The number of carbonyl (C=O) groups is 1. The van der Waals surface area contributed by atoms with Crippen LogP contribution in [0, 0.1) is 0 Å². The molecule has 0 fully saturated rings. The van der Waals surface area contributed by atoms with E-state index in [-0.39, 0.29) is 5.75 Å². The molecule has 0 bridgehead atoms. The lowest BCUT2D eigenvalue weighted by atomic mass is 9.98. The number of thiophene rings is 1. The highest BCUT2D eigenvalue weighted by molar-refractivity contribution is 7.22. The van der Waals surface area contributed by atoms with Crippen molar-refractivity contribution in [3.63, 3.8) is 0 Å². The van der Waals surface area contributed by atoms with Gasteiger partial charge in [0, 0.05) is 16.0 Å². The van der Waals surface area contributed by atoms with Gasteiger partial charge < -0.3 is 19.4 Å². The molecule has 1 N–H and O–H groups in total. The van der Waals surface area contributed by atoms with Crippen LogP contribution < -0.4 is 9.47 Å². The van der Waals surface area contributed by atoms with Crippen LogP contribution in [0.25, 0.3) is 20.5 Å². The van der Waals surface area contributed by atoms with Gasteiger partial charge in [-0.05, 0) is 77.4 Å². The van der Waals surface area contributed by atoms with E-state index in [0.717, 1.165) is 36.0 Å². The third-order valence-electron chi connectivity index (χ3n) is 5.17. The first-order valence-electron chi connectivity index (χ1n) is 10.2. The highest BCUT2D eigenvalue weighted by Gasteiger charge is 2.15.